The Kier molecular flexibility index (Phi) is 2.21. The van der Waals surface area contributed by atoms with Gasteiger partial charge in [0, 0.05) is 6.04 Å². The van der Waals surface area contributed by atoms with Crippen LogP contribution in [0.3, 0.4) is 0 Å². The van der Waals surface area contributed by atoms with Crippen LogP contribution in [0.1, 0.15) is 32.3 Å². The molecule has 4 rings (SSSR count). The molecule has 2 saturated heterocycles. The van der Waals surface area contributed by atoms with E-state index in [2.05, 4.69) is 6.92 Å². The Hall–Kier alpha value is -0.910. The summed E-state index contributed by atoms with van der Waals surface area (Å²) >= 11 is 0. The number of hydrogen-bond acceptors (Lipinski definition) is 3. The van der Waals surface area contributed by atoms with Crippen LogP contribution in [0.15, 0.2) is 29.2 Å². The van der Waals surface area contributed by atoms with Crippen molar-refractivity contribution in [1.82, 2.24) is 4.31 Å². The highest BCUT2D eigenvalue weighted by molar-refractivity contribution is 7.89. The molecular weight excluding hydrogens is 274 g/mol. The highest BCUT2D eigenvalue weighted by Crippen LogP contribution is 2.63. The fraction of sp³-hybridized carbons (Fsp3) is 0.600. The fourth-order valence-corrected chi connectivity index (χ4v) is 5.98. The summed E-state index contributed by atoms with van der Waals surface area (Å²) in [6.45, 7) is 6.10. The van der Waals surface area contributed by atoms with Gasteiger partial charge in [-0.05, 0) is 45.7 Å². The highest BCUT2D eigenvalue weighted by Gasteiger charge is 2.76. The van der Waals surface area contributed by atoms with Crippen LogP contribution in [0.4, 0.5) is 0 Å². The minimum absolute atomic E-state index is 0.0944. The molecule has 0 amide bonds. The number of epoxide rings is 1. The Bertz CT molecular complexity index is 684. The van der Waals surface area contributed by atoms with E-state index >= 15 is 0 Å². The first-order valence-electron chi connectivity index (χ1n) is 7.06. The van der Waals surface area contributed by atoms with Gasteiger partial charge in [0.2, 0.25) is 10.0 Å². The summed E-state index contributed by atoms with van der Waals surface area (Å²) in [6.07, 6.45) is 1.89. The zero-order valence-electron chi connectivity index (χ0n) is 12.0. The third-order valence-electron chi connectivity index (χ3n) is 5.20. The molecule has 2 heterocycles. The summed E-state index contributed by atoms with van der Waals surface area (Å²) in [5, 5.41) is 0. The number of hydrogen-bond donors (Lipinski definition) is 0. The second-order valence-electron chi connectivity index (χ2n) is 6.82. The molecular formula is C15H19NO3S. The van der Waals surface area contributed by atoms with Crippen LogP contribution < -0.4 is 0 Å². The van der Waals surface area contributed by atoms with Crippen LogP contribution in [-0.2, 0) is 14.8 Å². The molecule has 20 heavy (non-hydrogen) atoms. The minimum Gasteiger partial charge on any atom is -0.366 e. The Morgan fingerprint density at radius 3 is 2.50 bits per heavy atom. The van der Waals surface area contributed by atoms with E-state index in [4.69, 9.17) is 4.74 Å². The van der Waals surface area contributed by atoms with E-state index in [0.717, 1.165) is 18.4 Å². The summed E-state index contributed by atoms with van der Waals surface area (Å²) in [5.41, 5.74) is 0.717. The first-order valence-corrected chi connectivity index (χ1v) is 8.50. The molecule has 5 atom stereocenters. The standard InChI is InChI=1S/C15H19NO3S/c1-10-4-6-11(7-5-10)20(17,18)16-12-8-13-15(3,19-13)9-14(12,16)2/h4-7,12-13H,8-9H2,1-3H3/t12-,13+,14+,15-,16?/m1/s1. The molecule has 1 aliphatic carbocycles. The topological polar surface area (TPSA) is 49.7 Å². The maximum Gasteiger partial charge on any atom is 0.243 e. The van der Waals surface area contributed by atoms with E-state index in [1.165, 1.54) is 0 Å². The van der Waals surface area contributed by atoms with Gasteiger partial charge in [-0.1, -0.05) is 17.7 Å². The molecule has 0 bridgehead atoms. The first-order chi connectivity index (χ1) is 9.27. The molecule has 0 aromatic heterocycles. The summed E-state index contributed by atoms with van der Waals surface area (Å²) in [7, 11) is -3.38. The number of nitrogens with zero attached hydrogens (tertiary/aromatic N) is 1. The number of ether oxygens (including phenoxy) is 1. The van der Waals surface area contributed by atoms with Crippen LogP contribution in [0.25, 0.3) is 0 Å². The molecule has 0 N–H and O–H groups in total. The lowest BCUT2D eigenvalue weighted by atomic mass is 9.83. The van der Waals surface area contributed by atoms with Gasteiger partial charge >= 0.3 is 0 Å². The van der Waals surface area contributed by atoms with Gasteiger partial charge in [0.25, 0.3) is 0 Å². The van der Waals surface area contributed by atoms with Crippen molar-refractivity contribution in [3.8, 4) is 0 Å². The lowest BCUT2D eigenvalue weighted by molar-refractivity contribution is 0.277. The SMILES string of the molecule is Cc1ccc(S(=O)(=O)N2[C@@H]3C[C@@H]4O[C@]4(C)C[C@@]32C)cc1. The Morgan fingerprint density at radius 2 is 1.90 bits per heavy atom. The zero-order chi connectivity index (χ0) is 14.3. The monoisotopic (exact) mass is 293 g/mol. The molecule has 0 radical (unpaired) electrons. The second kappa shape index (κ2) is 3.46. The highest BCUT2D eigenvalue weighted by atomic mass is 32.2. The number of rotatable bonds is 2. The summed E-state index contributed by atoms with van der Waals surface area (Å²) in [5.74, 6) is 0. The Labute approximate surface area is 119 Å². The molecule has 3 fully saturated rings. The third-order valence-corrected chi connectivity index (χ3v) is 7.25. The maximum absolute atomic E-state index is 12.8. The van der Waals surface area contributed by atoms with Crippen molar-refractivity contribution in [2.75, 3.05) is 0 Å². The largest absolute Gasteiger partial charge is 0.366 e. The van der Waals surface area contributed by atoms with Crippen LogP contribution in [0, 0.1) is 6.92 Å². The number of aryl methyl sites for hydroxylation is 1. The average molecular weight is 293 g/mol. The van der Waals surface area contributed by atoms with E-state index in [0.29, 0.717) is 4.90 Å². The van der Waals surface area contributed by atoms with E-state index in [1.54, 1.807) is 16.4 Å². The molecule has 0 spiro atoms. The van der Waals surface area contributed by atoms with E-state index in [1.807, 2.05) is 26.0 Å². The van der Waals surface area contributed by atoms with E-state index < -0.39 is 10.0 Å². The summed E-state index contributed by atoms with van der Waals surface area (Å²) < 4.78 is 33.0. The van der Waals surface area contributed by atoms with Gasteiger partial charge in [-0.2, -0.15) is 4.31 Å². The predicted octanol–water partition coefficient (Wildman–Crippen LogP) is 2.08. The molecule has 1 aromatic rings. The van der Waals surface area contributed by atoms with Crippen molar-refractivity contribution in [2.24, 2.45) is 0 Å². The Morgan fingerprint density at radius 1 is 1.25 bits per heavy atom. The Balaban J connectivity index is 1.67. The van der Waals surface area contributed by atoms with Crippen LogP contribution in [-0.4, -0.2) is 36.0 Å². The quantitative estimate of drug-likeness (QED) is 0.784. The van der Waals surface area contributed by atoms with Gasteiger partial charge in [-0.25, -0.2) is 8.42 Å². The van der Waals surface area contributed by atoms with Crippen LogP contribution in [0.2, 0.25) is 0 Å². The van der Waals surface area contributed by atoms with Gasteiger partial charge in [-0.3, -0.25) is 0 Å². The molecule has 3 aliphatic rings. The molecule has 2 aliphatic heterocycles. The summed E-state index contributed by atoms with van der Waals surface area (Å²) in [6, 6.07) is 7.22. The van der Waals surface area contributed by atoms with Crippen molar-refractivity contribution >= 4 is 10.0 Å². The molecule has 1 saturated carbocycles. The zero-order valence-corrected chi connectivity index (χ0v) is 12.8. The predicted molar refractivity (Wildman–Crippen MR) is 74.9 cm³/mol. The smallest absolute Gasteiger partial charge is 0.243 e. The lowest BCUT2D eigenvalue weighted by Crippen LogP contribution is -2.29. The minimum atomic E-state index is -3.38. The second-order valence-corrected chi connectivity index (χ2v) is 8.63. The van der Waals surface area contributed by atoms with Gasteiger partial charge in [0.05, 0.1) is 22.1 Å². The van der Waals surface area contributed by atoms with Crippen LogP contribution >= 0.6 is 0 Å². The number of benzene rings is 1. The molecule has 108 valence electrons. The van der Waals surface area contributed by atoms with Gasteiger partial charge in [0.15, 0.2) is 0 Å². The lowest BCUT2D eigenvalue weighted by Gasteiger charge is -2.17. The third kappa shape index (κ3) is 1.51. The fourth-order valence-electron chi connectivity index (χ4n) is 3.94. The van der Waals surface area contributed by atoms with Gasteiger partial charge in [0.1, 0.15) is 0 Å². The van der Waals surface area contributed by atoms with E-state index in [9.17, 15) is 8.42 Å². The van der Waals surface area contributed by atoms with Crippen LogP contribution in [0.5, 0.6) is 0 Å². The van der Waals surface area contributed by atoms with Gasteiger partial charge in [-0.15, -0.1) is 0 Å². The number of fused-ring (bicyclic) bond motifs is 2. The summed E-state index contributed by atoms with van der Waals surface area (Å²) in [4.78, 5) is 0.401. The molecule has 5 heteroatoms. The van der Waals surface area contributed by atoms with Crippen molar-refractivity contribution in [3.63, 3.8) is 0 Å². The van der Waals surface area contributed by atoms with E-state index in [-0.39, 0.29) is 23.3 Å². The first kappa shape index (κ1) is 12.8. The van der Waals surface area contributed by atoms with Gasteiger partial charge < -0.3 is 4.74 Å². The average Bonchev–Trinajstić information content (AvgIpc) is 3.16. The molecule has 1 aromatic carbocycles. The van der Waals surface area contributed by atoms with Crippen molar-refractivity contribution in [3.05, 3.63) is 29.8 Å². The normalized spacial score (nSPS) is 45.5. The van der Waals surface area contributed by atoms with Crippen molar-refractivity contribution in [2.45, 2.75) is 61.8 Å². The maximum atomic E-state index is 12.8. The van der Waals surface area contributed by atoms with Crippen molar-refractivity contribution < 1.29 is 13.2 Å². The molecule has 4 nitrogen and oxygen atoms in total. The molecule has 1 unspecified atom stereocenters. The number of sulfonamides is 1. The van der Waals surface area contributed by atoms with Crippen molar-refractivity contribution in [1.29, 1.82) is 0 Å².